The number of nitrogens with one attached hydrogen (secondary N) is 1. The number of aliphatic hydroxyl groups excluding tert-OH is 1. The Morgan fingerprint density at radius 1 is 1.48 bits per heavy atom. The molecule has 0 saturated carbocycles. The third-order valence-corrected chi connectivity index (χ3v) is 2.89. The molecule has 0 atom stereocenters. The van der Waals surface area contributed by atoms with Gasteiger partial charge in [0.15, 0.2) is 5.82 Å². The molecule has 108 valence electrons. The zero-order valence-electron chi connectivity index (χ0n) is 11.0. The molecule has 7 heteroatoms. The van der Waals surface area contributed by atoms with Gasteiger partial charge in [0.25, 0.3) is 5.91 Å². The number of amides is 1. The number of carbonyl (C=O) groups excluding carboxylic acids is 1. The fourth-order valence-corrected chi connectivity index (χ4v) is 1.81. The molecule has 0 aliphatic rings. The minimum Gasteiger partial charge on any atom is -0.384 e. The van der Waals surface area contributed by atoms with Crippen LogP contribution < -0.4 is 5.32 Å². The molecule has 1 amide bonds. The second kappa shape index (κ2) is 7.43. The van der Waals surface area contributed by atoms with Gasteiger partial charge in [-0.15, -0.1) is 0 Å². The van der Waals surface area contributed by atoms with Gasteiger partial charge in [0.2, 0.25) is 6.39 Å². The van der Waals surface area contributed by atoms with Crippen LogP contribution in [0.1, 0.15) is 21.7 Å². The van der Waals surface area contributed by atoms with Gasteiger partial charge < -0.3 is 14.9 Å². The minimum atomic E-state index is -0.248. The van der Waals surface area contributed by atoms with Crippen LogP contribution in [0.2, 0.25) is 5.02 Å². The van der Waals surface area contributed by atoms with Crippen LogP contribution in [0.4, 0.5) is 0 Å². The molecule has 6 nitrogen and oxygen atoms in total. The van der Waals surface area contributed by atoms with Gasteiger partial charge in [-0.2, -0.15) is 4.98 Å². The summed E-state index contributed by atoms with van der Waals surface area (Å²) in [5.74, 6) is 5.48. The Bertz CT molecular complexity index is 675. The molecule has 21 heavy (non-hydrogen) atoms. The van der Waals surface area contributed by atoms with Crippen molar-refractivity contribution in [3.8, 4) is 11.8 Å². The van der Waals surface area contributed by atoms with Gasteiger partial charge in [0.1, 0.15) is 6.61 Å². The molecule has 0 fully saturated rings. The molecule has 2 N–H and O–H groups in total. The highest BCUT2D eigenvalue weighted by Gasteiger charge is 2.08. The summed E-state index contributed by atoms with van der Waals surface area (Å²) in [6.45, 7) is 0.150. The number of benzene rings is 1. The Hall–Kier alpha value is -2.36. The van der Waals surface area contributed by atoms with Crippen molar-refractivity contribution in [2.24, 2.45) is 0 Å². The maximum absolute atomic E-state index is 11.9. The second-order valence-corrected chi connectivity index (χ2v) is 4.42. The van der Waals surface area contributed by atoms with E-state index in [-0.39, 0.29) is 12.5 Å². The molecule has 0 aliphatic heterocycles. The number of nitrogens with zero attached hydrogens (tertiary/aromatic N) is 2. The van der Waals surface area contributed by atoms with Crippen molar-refractivity contribution in [2.75, 3.05) is 13.2 Å². The molecule has 2 aromatic rings. The summed E-state index contributed by atoms with van der Waals surface area (Å²) in [6, 6.07) is 4.79. The largest absolute Gasteiger partial charge is 0.384 e. The molecule has 0 spiro atoms. The van der Waals surface area contributed by atoms with Crippen molar-refractivity contribution in [3.05, 3.63) is 46.6 Å². The summed E-state index contributed by atoms with van der Waals surface area (Å²) in [5, 5.41) is 15.4. The van der Waals surface area contributed by atoms with Gasteiger partial charge in [-0.1, -0.05) is 28.6 Å². The standard InChI is InChI=1S/C14H12ClN3O3/c15-12-8-11(4-3-10(12)2-1-7-19)14(20)16-6-5-13-17-9-21-18-13/h3-4,8-9,19H,5-7H2,(H,16,20). The Kier molecular flexibility index (Phi) is 5.32. The molecule has 1 aromatic carbocycles. The third kappa shape index (κ3) is 4.31. The van der Waals surface area contributed by atoms with Crippen LogP contribution in [-0.2, 0) is 6.42 Å². The first-order chi connectivity index (χ1) is 10.2. The quantitative estimate of drug-likeness (QED) is 0.824. The Morgan fingerprint density at radius 3 is 3.00 bits per heavy atom. The molecular weight excluding hydrogens is 294 g/mol. The van der Waals surface area contributed by atoms with Gasteiger partial charge in [0, 0.05) is 24.1 Å². The number of halogens is 1. The molecule has 1 heterocycles. The predicted octanol–water partition coefficient (Wildman–Crippen LogP) is 1.04. The van der Waals surface area contributed by atoms with E-state index in [0.717, 1.165) is 0 Å². The second-order valence-electron chi connectivity index (χ2n) is 4.01. The van der Waals surface area contributed by atoms with Gasteiger partial charge >= 0.3 is 0 Å². The Morgan fingerprint density at radius 2 is 2.33 bits per heavy atom. The summed E-state index contributed by atoms with van der Waals surface area (Å²) in [4.78, 5) is 15.8. The zero-order chi connectivity index (χ0) is 15.1. The average molecular weight is 306 g/mol. The molecular formula is C14H12ClN3O3. The number of hydrogen-bond acceptors (Lipinski definition) is 5. The maximum atomic E-state index is 11.9. The smallest absolute Gasteiger partial charge is 0.251 e. The van der Waals surface area contributed by atoms with E-state index in [0.29, 0.717) is 34.9 Å². The lowest BCUT2D eigenvalue weighted by Gasteiger charge is -2.05. The minimum absolute atomic E-state index is 0.241. The van der Waals surface area contributed by atoms with E-state index >= 15 is 0 Å². The van der Waals surface area contributed by atoms with Crippen molar-refractivity contribution in [1.29, 1.82) is 0 Å². The monoisotopic (exact) mass is 305 g/mol. The van der Waals surface area contributed by atoms with Crippen molar-refractivity contribution >= 4 is 17.5 Å². The van der Waals surface area contributed by atoms with E-state index < -0.39 is 0 Å². The van der Waals surface area contributed by atoms with Crippen LogP contribution in [0, 0.1) is 11.8 Å². The molecule has 0 unspecified atom stereocenters. The summed E-state index contributed by atoms with van der Waals surface area (Å²) >= 11 is 6.03. The molecule has 2 rings (SSSR count). The fraction of sp³-hybridized carbons (Fsp3) is 0.214. The van der Waals surface area contributed by atoms with E-state index in [1.807, 2.05) is 0 Å². The average Bonchev–Trinajstić information content (AvgIpc) is 2.99. The number of aliphatic hydroxyl groups is 1. The highest BCUT2D eigenvalue weighted by atomic mass is 35.5. The zero-order valence-corrected chi connectivity index (χ0v) is 11.7. The predicted molar refractivity (Wildman–Crippen MR) is 75.8 cm³/mol. The van der Waals surface area contributed by atoms with Crippen molar-refractivity contribution in [3.63, 3.8) is 0 Å². The first-order valence-corrected chi connectivity index (χ1v) is 6.51. The van der Waals surface area contributed by atoms with E-state index in [4.69, 9.17) is 16.7 Å². The highest BCUT2D eigenvalue weighted by molar-refractivity contribution is 6.32. The van der Waals surface area contributed by atoms with Crippen molar-refractivity contribution in [1.82, 2.24) is 15.5 Å². The number of hydrogen-bond donors (Lipinski definition) is 2. The first kappa shape index (κ1) is 15.0. The number of carbonyl (C=O) groups is 1. The molecule has 0 bridgehead atoms. The molecule has 0 aliphatic carbocycles. The summed E-state index contributed by atoms with van der Waals surface area (Å²) in [7, 11) is 0. The van der Waals surface area contributed by atoms with Crippen LogP contribution in [0.5, 0.6) is 0 Å². The van der Waals surface area contributed by atoms with Gasteiger partial charge in [0.05, 0.1) is 5.02 Å². The lowest BCUT2D eigenvalue weighted by molar-refractivity contribution is 0.0954. The van der Waals surface area contributed by atoms with Crippen LogP contribution in [0.15, 0.2) is 29.1 Å². The van der Waals surface area contributed by atoms with E-state index in [1.165, 1.54) is 12.5 Å². The molecule has 0 saturated heterocycles. The topological polar surface area (TPSA) is 88.3 Å². The molecule has 0 radical (unpaired) electrons. The van der Waals surface area contributed by atoms with Crippen LogP contribution >= 0.6 is 11.6 Å². The van der Waals surface area contributed by atoms with Crippen LogP contribution in [0.3, 0.4) is 0 Å². The Balaban J connectivity index is 1.94. The third-order valence-electron chi connectivity index (χ3n) is 2.57. The van der Waals surface area contributed by atoms with Crippen LogP contribution in [0.25, 0.3) is 0 Å². The highest BCUT2D eigenvalue weighted by Crippen LogP contribution is 2.17. The van der Waals surface area contributed by atoms with Gasteiger partial charge in [-0.3, -0.25) is 4.79 Å². The van der Waals surface area contributed by atoms with Crippen molar-refractivity contribution in [2.45, 2.75) is 6.42 Å². The fourth-order valence-electron chi connectivity index (χ4n) is 1.58. The summed E-state index contributed by atoms with van der Waals surface area (Å²) in [6.07, 6.45) is 1.72. The molecule has 1 aromatic heterocycles. The van der Waals surface area contributed by atoms with E-state index in [1.54, 1.807) is 12.1 Å². The summed E-state index contributed by atoms with van der Waals surface area (Å²) < 4.78 is 4.60. The lowest BCUT2D eigenvalue weighted by atomic mass is 10.1. The van der Waals surface area contributed by atoms with E-state index in [2.05, 4.69) is 31.8 Å². The summed E-state index contributed by atoms with van der Waals surface area (Å²) in [5.41, 5.74) is 0.997. The first-order valence-electron chi connectivity index (χ1n) is 6.13. The maximum Gasteiger partial charge on any atom is 0.251 e. The lowest BCUT2D eigenvalue weighted by Crippen LogP contribution is -2.25. The van der Waals surface area contributed by atoms with Crippen molar-refractivity contribution < 1.29 is 14.4 Å². The van der Waals surface area contributed by atoms with E-state index in [9.17, 15) is 4.79 Å². The normalized spacial score (nSPS) is 9.81. The number of aromatic nitrogens is 2. The van der Waals surface area contributed by atoms with Gasteiger partial charge in [-0.25, -0.2) is 0 Å². The van der Waals surface area contributed by atoms with Crippen LogP contribution in [-0.4, -0.2) is 34.3 Å². The SMILES string of the molecule is O=C(NCCc1ncon1)c1ccc(C#CCO)c(Cl)c1. The van der Waals surface area contributed by atoms with Gasteiger partial charge in [-0.05, 0) is 18.2 Å². The Labute approximate surface area is 126 Å². The number of rotatable bonds is 4.